The third-order valence-electron chi connectivity index (χ3n) is 3.13. The van der Waals surface area contributed by atoms with E-state index in [1.165, 1.54) is 43.5 Å². The smallest absolute Gasteiger partial charge is 0.342 e. The molecular weight excluding hydrogens is 348 g/mol. The summed E-state index contributed by atoms with van der Waals surface area (Å²) in [5.41, 5.74) is 0.549. The van der Waals surface area contributed by atoms with Crippen molar-refractivity contribution in [1.82, 2.24) is 0 Å². The molecule has 0 unspecified atom stereocenters. The van der Waals surface area contributed by atoms with Crippen LogP contribution in [0.3, 0.4) is 0 Å². The van der Waals surface area contributed by atoms with Crippen molar-refractivity contribution in [2.24, 2.45) is 0 Å². The van der Waals surface area contributed by atoms with E-state index in [4.69, 9.17) is 26.3 Å². The van der Waals surface area contributed by atoms with Gasteiger partial charge in [-0.15, -0.1) is 0 Å². The van der Waals surface area contributed by atoms with Crippen molar-refractivity contribution < 1.29 is 24.2 Å². The molecule has 2 aromatic carbocycles. The molecular formula is C17H13ClN2O5. The predicted octanol–water partition coefficient (Wildman–Crippen LogP) is 2.72. The average Bonchev–Trinajstić information content (AvgIpc) is 2.59. The number of nitriles is 1. The van der Waals surface area contributed by atoms with Crippen molar-refractivity contribution in [3.05, 3.63) is 52.5 Å². The molecule has 2 N–H and O–H groups in total. The number of methoxy groups -OCH3 is 1. The molecule has 2 aromatic rings. The molecule has 0 atom stereocenters. The number of phenolic OH excluding ortho intramolecular Hbond substituents is 1. The molecule has 0 radical (unpaired) electrons. The number of nitrogens with zero attached hydrogens (tertiary/aromatic N) is 1. The molecule has 0 aliphatic rings. The summed E-state index contributed by atoms with van der Waals surface area (Å²) in [7, 11) is 1.42. The van der Waals surface area contributed by atoms with Gasteiger partial charge in [0.05, 0.1) is 17.7 Å². The maximum absolute atomic E-state index is 11.9. The van der Waals surface area contributed by atoms with E-state index in [9.17, 15) is 14.7 Å². The summed E-state index contributed by atoms with van der Waals surface area (Å²) in [5.74, 6) is -1.39. The number of rotatable bonds is 5. The van der Waals surface area contributed by atoms with E-state index in [0.29, 0.717) is 11.4 Å². The highest BCUT2D eigenvalue weighted by atomic mass is 35.5. The zero-order chi connectivity index (χ0) is 18.4. The quantitative estimate of drug-likeness (QED) is 0.793. The van der Waals surface area contributed by atoms with Gasteiger partial charge in [-0.25, -0.2) is 4.79 Å². The van der Waals surface area contributed by atoms with E-state index >= 15 is 0 Å². The van der Waals surface area contributed by atoms with E-state index in [0.717, 1.165) is 0 Å². The molecule has 2 rings (SSSR count). The lowest BCUT2D eigenvalue weighted by Crippen LogP contribution is -2.21. The fourth-order valence-corrected chi connectivity index (χ4v) is 2.12. The highest BCUT2D eigenvalue weighted by molar-refractivity contribution is 6.32. The Morgan fingerprint density at radius 1 is 1.28 bits per heavy atom. The summed E-state index contributed by atoms with van der Waals surface area (Å²) in [6.45, 7) is -0.554. The Hall–Kier alpha value is -3.24. The number of carbonyl (C=O) groups excluding carboxylic acids is 2. The van der Waals surface area contributed by atoms with Crippen LogP contribution in [-0.2, 0) is 9.53 Å². The lowest BCUT2D eigenvalue weighted by molar-refractivity contribution is -0.119. The van der Waals surface area contributed by atoms with Crippen LogP contribution >= 0.6 is 11.6 Å². The third kappa shape index (κ3) is 4.62. The topological polar surface area (TPSA) is 109 Å². The number of anilines is 1. The molecule has 0 saturated carbocycles. The summed E-state index contributed by atoms with van der Waals surface area (Å²) in [5, 5.41) is 21.2. The highest BCUT2D eigenvalue weighted by Crippen LogP contribution is 2.24. The maximum atomic E-state index is 11.9. The molecule has 0 aliphatic carbocycles. The minimum absolute atomic E-state index is 0.0879. The van der Waals surface area contributed by atoms with Gasteiger partial charge >= 0.3 is 5.97 Å². The van der Waals surface area contributed by atoms with Crippen molar-refractivity contribution in [1.29, 1.82) is 5.26 Å². The standard InChI is InChI=1S/C17H13ClN2O5/c1-24-12-4-5-13(15(21)7-12)17(23)25-9-16(22)20-11-3-2-10(8-19)14(18)6-11/h2-7,21H,9H2,1H3,(H,20,22). The van der Waals surface area contributed by atoms with Crippen LogP contribution in [0.2, 0.25) is 5.02 Å². The van der Waals surface area contributed by atoms with Gasteiger partial charge < -0.3 is 19.9 Å². The van der Waals surface area contributed by atoms with E-state index in [-0.39, 0.29) is 21.9 Å². The number of ether oxygens (including phenoxy) is 2. The largest absolute Gasteiger partial charge is 0.507 e. The Balaban J connectivity index is 1.94. The van der Waals surface area contributed by atoms with Gasteiger partial charge in [-0.2, -0.15) is 5.26 Å². The average molecular weight is 361 g/mol. The van der Waals surface area contributed by atoms with Gasteiger partial charge in [-0.3, -0.25) is 4.79 Å². The summed E-state index contributed by atoms with van der Waals surface area (Å²) in [6.07, 6.45) is 0. The van der Waals surface area contributed by atoms with Crippen LogP contribution in [0.4, 0.5) is 5.69 Å². The van der Waals surface area contributed by atoms with Gasteiger partial charge in [0.25, 0.3) is 5.91 Å². The molecule has 1 amide bonds. The maximum Gasteiger partial charge on any atom is 0.342 e. The zero-order valence-electron chi connectivity index (χ0n) is 13.1. The second-order valence-corrected chi connectivity index (χ2v) is 5.22. The van der Waals surface area contributed by atoms with Crippen molar-refractivity contribution in [3.8, 4) is 17.6 Å². The highest BCUT2D eigenvalue weighted by Gasteiger charge is 2.15. The van der Waals surface area contributed by atoms with Crippen LogP contribution < -0.4 is 10.1 Å². The van der Waals surface area contributed by atoms with Gasteiger partial charge in [0.1, 0.15) is 23.1 Å². The monoisotopic (exact) mass is 360 g/mol. The summed E-state index contributed by atoms with van der Waals surface area (Å²) < 4.78 is 9.77. The number of benzene rings is 2. The second-order valence-electron chi connectivity index (χ2n) is 4.81. The van der Waals surface area contributed by atoms with Gasteiger partial charge in [0.15, 0.2) is 6.61 Å². The van der Waals surface area contributed by atoms with Crippen molar-refractivity contribution >= 4 is 29.2 Å². The van der Waals surface area contributed by atoms with E-state index < -0.39 is 18.5 Å². The minimum atomic E-state index is -0.854. The van der Waals surface area contributed by atoms with Crippen LogP contribution in [0.1, 0.15) is 15.9 Å². The molecule has 0 saturated heterocycles. The zero-order valence-corrected chi connectivity index (χ0v) is 13.8. The second kappa shape index (κ2) is 8.04. The molecule has 0 aromatic heterocycles. The lowest BCUT2D eigenvalue weighted by Gasteiger charge is -2.09. The van der Waals surface area contributed by atoms with E-state index in [1.54, 1.807) is 0 Å². The fraction of sp³-hybridized carbons (Fsp3) is 0.118. The predicted molar refractivity (Wildman–Crippen MR) is 89.7 cm³/mol. The first-order valence-corrected chi connectivity index (χ1v) is 7.36. The number of amides is 1. The number of hydrogen-bond donors (Lipinski definition) is 2. The molecule has 7 nitrogen and oxygen atoms in total. The molecule has 0 spiro atoms. The number of carbonyl (C=O) groups is 2. The van der Waals surface area contributed by atoms with E-state index in [2.05, 4.69) is 5.32 Å². The molecule has 0 bridgehead atoms. The Morgan fingerprint density at radius 3 is 2.64 bits per heavy atom. The minimum Gasteiger partial charge on any atom is -0.507 e. The van der Waals surface area contributed by atoms with E-state index in [1.807, 2.05) is 6.07 Å². The molecule has 0 heterocycles. The number of nitrogens with one attached hydrogen (secondary N) is 1. The summed E-state index contributed by atoms with van der Waals surface area (Å²) in [6, 6.07) is 10.3. The number of phenols is 1. The fourth-order valence-electron chi connectivity index (χ4n) is 1.90. The van der Waals surface area contributed by atoms with Crippen LogP contribution in [0.15, 0.2) is 36.4 Å². The number of halogens is 1. The van der Waals surface area contributed by atoms with Gasteiger partial charge in [0, 0.05) is 11.8 Å². The Bertz CT molecular complexity index is 861. The Kier molecular flexibility index (Phi) is 5.82. The Morgan fingerprint density at radius 2 is 2.04 bits per heavy atom. The number of hydrogen-bond acceptors (Lipinski definition) is 6. The summed E-state index contributed by atoms with van der Waals surface area (Å²) >= 11 is 5.87. The molecule has 8 heteroatoms. The SMILES string of the molecule is COc1ccc(C(=O)OCC(=O)Nc2ccc(C#N)c(Cl)c2)c(O)c1. The first kappa shape index (κ1) is 18.1. The van der Waals surface area contributed by atoms with Gasteiger partial charge in [0.2, 0.25) is 0 Å². The van der Waals surface area contributed by atoms with Crippen LogP contribution in [0.5, 0.6) is 11.5 Å². The van der Waals surface area contributed by atoms with Crippen molar-refractivity contribution in [2.45, 2.75) is 0 Å². The number of esters is 1. The molecule has 0 fully saturated rings. The number of aromatic hydroxyl groups is 1. The first-order chi connectivity index (χ1) is 11.9. The Labute approximate surface area is 148 Å². The molecule has 128 valence electrons. The molecule has 25 heavy (non-hydrogen) atoms. The van der Waals surface area contributed by atoms with Gasteiger partial charge in [-0.1, -0.05) is 11.6 Å². The van der Waals surface area contributed by atoms with Crippen LogP contribution in [0.25, 0.3) is 0 Å². The first-order valence-electron chi connectivity index (χ1n) is 6.98. The normalized spacial score (nSPS) is 9.80. The van der Waals surface area contributed by atoms with Crippen LogP contribution in [-0.4, -0.2) is 30.7 Å². The molecule has 0 aliphatic heterocycles. The van der Waals surface area contributed by atoms with Crippen molar-refractivity contribution in [3.63, 3.8) is 0 Å². The van der Waals surface area contributed by atoms with Gasteiger partial charge in [-0.05, 0) is 30.3 Å². The van der Waals surface area contributed by atoms with Crippen molar-refractivity contribution in [2.75, 3.05) is 19.0 Å². The third-order valence-corrected chi connectivity index (χ3v) is 3.45. The lowest BCUT2D eigenvalue weighted by atomic mass is 10.2. The van der Waals surface area contributed by atoms with Crippen LogP contribution in [0, 0.1) is 11.3 Å². The summed E-state index contributed by atoms with van der Waals surface area (Å²) in [4.78, 5) is 23.7.